The Bertz CT molecular complexity index is 512. The number of benzene rings is 1. The lowest BCUT2D eigenvalue weighted by Crippen LogP contribution is -2.39. The molecule has 1 amide bonds. The maximum absolute atomic E-state index is 13.1. The number of aliphatic hydroxyl groups is 1. The van der Waals surface area contributed by atoms with Gasteiger partial charge in [-0.1, -0.05) is 11.8 Å². The van der Waals surface area contributed by atoms with Crippen LogP contribution in [0.4, 0.5) is 4.39 Å². The summed E-state index contributed by atoms with van der Waals surface area (Å²) in [5.41, 5.74) is 0.658. The van der Waals surface area contributed by atoms with Gasteiger partial charge in [0.05, 0.1) is 5.56 Å². The number of carbonyl (C=O) groups is 1. The smallest absolute Gasteiger partial charge is 0.252 e. The third kappa shape index (κ3) is 2.88. The standard InChI is InChI=1S/C14H14FNO2/c15-11-6-7-13(10(9-11)3-2-8-17)14(18)16-12-4-1-5-12/h6-7,9,12,17H,1,4-5,8H2,(H,16,18). The van der Waals surface area contributed by atoms with Gasteiger partial charge in [0.2, 0.25) is 0 Å². The molecule has 1 fully saturated rings. The van der Waals surface area contributed by atoms with Gasteiger partial charge in [-0.25, -0.2) is 4.39 Å². The normalized spacial score (nSPS) is 14.3. The van der Waals surface area contributed by atoms with E-state index in [-0.39, 0.29) is 18.6 Å². The first-order valence-electron chi connectivity index (χ1n) is 5.91. The van der Waals surface area contributed by atoms with Gasteiger partial charge in [-0.05, 0) is 37.5 Å². The molecule has 2 N–H and O–H groups in total. The largest absolute Gasteiger partial charge is 0.384 e. The highest BCUT2D eigenvalue weighted by Gasteiger charge is 2.21. The highest BCUT2D eigenvalue weighted by atomic mass is 19.1. The van der Waals surface area contributed by atoms with Crippen molar-refractivity contribution in [1.82, 2.24) is 5.32 Å². The van der Waals surface area contributed by atoms with E-state index in [0.29, 0.717) is 11.1 Å². The summed E-state index contributed by atoms with van der Waals surface area (Å²) in [6.45, 7) is -0.319. The molecule has 0 atom stereocenters. The van der Waals surface area contributed by atoms with E-state index < -0.39 is 5.82 Å². The van der Waals surface area contributed by atoms with Crippen LogP contribution in [0.2, 0.25) is 0 Å². The van der Waals surface area contributed by atoms with Crippen molar-refractivity contribution >= 4 is 5.91 Å². The van der Waals surface area contributed by atoms with Gasteiger partial charge < -0.3 is 10.4 Å². The lowest BCUT2D eigenvalue weighted by molar-refractivity contribution is 0.0916. The van der Waals surface area contributed by atoms with Gasteiger partial charge in [-0.3, -0.25) is 4.79 Å². The second-order valence-electron chi connectivity index (χ2n) is 4.25. The lowest BCUT2D eigenvalue weighted by Gasteiger charge is -2.26. The molecule has 0 saturated heterocycles. The summed E-state index contributed by atoms with van der Waals surface area (Å²) >= 11 is 0. The molecule has 1 aromatic rings. The third-order valence-electron chi connectivity index (χ3n) is 2.97. The predicted octanol–water partition coefficient (Wildman–Crippen LogP) is 1.45. The third-order valence-corrected chi connectivity index (χ3v) is 2.97. The van der Waals surface area contributed by atoms with Crippen LogP contribution >= 0.6 is 0 Å². The SMILES string of the molecule is O=C(NC1CCC1)c1ccc(F)cc1C#CCO. The molecule has 0 unspecified atom stereocenters. The van der Waals surface area contributed by atoms with Crippen molar-refractivity contribution in [3.8, 4) is 11.8 Å². The summed E-state index contributed by atoms with van der Waals surface area (Å²) in [6, 6.07) is 4.09. The van der Waals surface area contributed by atoms with Gasteiger partial charge >= 0.3 is 0 Å². The Kier molecular flexibility index (Phi) is 3.96. The topological polar surface area (TPSA) is 49.3 Å². The molecule has 0 aromatic heterocycles. The van der Waals surface area contributed by atoms with Gasteiger partial charge in [0.15, 0.2) is 0 Å². The Balaban J connectivity index is 2.21. The van der Waals surface area contributed by atoms with Gasteiger partial charge in [-0.15, -0.1) is 0 Å². The van der Waals surface area contributed by atoms with Crippen molar-refractivity contribution < 1.29 is 14.3 Å². The van der Waals surface area contributed by atoms with E-state index in [1.165, 1.54) is 18.2 Å². The number of nitrogens with one attached hydrogen (secondary N) is 1. The molecular weight excluding hydrogens is 233 g/mol. The fourth-order valence-electron chi connectivity index (χ4n) is 1.77. The second-order valence-corrected chi connectivity index (χ2v) is 4.25. The predicted molar refractivity (Wildman–Crippen MR) is 65.5 cm³/mol. The molecule has 1 aromatic carbocycles. The van der Waals surface area contributed by atoms with Gasteiger partial charge in [-0.2, -0.15) is 0 Å². The molecule has 1 saturated carbocycles. The molecular formula is C14H14FNO2. The Hall–Kier alpha value is -1.86. The van der Waals surface area contributed by atoms with E-state index >= 15 is 0 Å². The van der Waals surface area contributed by atoms with E-state index in [0.717, 1.165) is 19.3 Å². The van der Waals surface area contributed by atoms with Crippen LogP contribution in [0.1, 0.15) is 35.2 Å². The highest BCUT2D eigenvalue weighted by Crippen LogP contribution is 2.19. The molecule has 1 aliphatic rings. The fraction of sp³-hybridized carbons (Fsp3) is 0.357. The van der Waals surface area contributed by atoms with E-state index in [2.05, 4.69) is 17.2 Å². The second kappa shape index (κ2) is 5.65. The van der Waals surface area contributed by atoms with Gasteiger partial charge in [0.1, 0.15) is 12.4 Å². The number of aliphatic hydroxyl groups excluding tert-OH is 1. The average molecular weight is 247 g/mol. The molecule has 4 heteroatoms. The number of carbonyl (C=O) groups excluding carboxylic acids is 1. The number of amides is 1. The summed E-state index contributed by atoms with van der Waals surface area (Å²) in [6.07, 6.45) is 3.11. The van der Waals surface area contributed by atoms with Crippen LogP contribution in [-0.2, 0) is 0 Å². The van der Waals surface area contributed by atoms with Crippen molar-refractivity contribution in [2.75, 3.05) is 6.61 Å². The zero-order valence-electron chi connectivity index (χ0n) is 9.87. The zero-order valence-corrected chi connectivity index (χ0v) is 9.87. The Morgan fingerprint density at radius 1 is 1.50 bits per heavy atom. The van der Waals surface area contributed by atoms with Gasteiger partial charge in [0, 0.05) is 11.6 Å². The maximum atomic E-state index is 13.1. The molecule has 0 bridgehead atoms. The molecule has 0 aliphatic heterocycles. The first kappa shape index (κ1) is 12.6. The first-order chi connectivity index (χ1) is 8.70. The average Bonchev–Trinajstić information content (AvgIpc) is 2.31. The molecule has 3 nitrogen and oxygen atoms in total. The van der Waals surface area contributed by atoms with Crippen molar-refractivity contribution in [3.63, 3.8) is 0 Å². The molecule has 0 spiro atoms. The van der Waals surface area contributed by atoms with Crippen molar-refractivity contribution in [1.29, 1.82) is 0 Å². The highest BCUT2D eigenvalue weighted by molar-refractivity contribution is 5.97. The number of rotatable bonds is 2. The van der Waals surface area contributed by atoms with E-state index in [1.807, 2.05) is 0 Å². The number of hydrogen-bond acceptors (Lipinski definition) is 2. The Morgan fingerprint density at radius 3 is 2.89 bits per heavy atom. The molecule has 1 aliphatic carbocycles. The van der Waals surface area contributed by atoms with E-state index in [9.17, 15) is 9.18 Å². The molecule has 94 valence electrons. The van der Waals surface area contributed by atoms with Crippen LogP contribution in [0.5, 0.6) is 0 Å². The fourth-order valence-corrected chi connectivity index (χ4v) is 1.77. The van der Waals surface area contributed by atoms with Crippen molar-refractivity contribution in [2.24, 2.45) is 0 Å². The van der Waals surface area contributed by atoms with Crippen LogP contribution in [0.15, 0.2) is 18.2 Å². The quantitative estimate of drug-likeness (QED) is 0.777. The summed E-state index contributed by atoms with van der Waals surface area (Å²) in [7, 11) is 0. The summed E-state index contributed by atoms with van der Waals surface area (Å²) in [4.78, 5) is 12.0. The summed E-state index contributed by atoms with van der Waals surface area (Å²) < 4.78 is 13.1. The maximum Gasteiger partial charge on any atom is 0.252 e. The summed E-state index contributed by atoms with van der Waals surface area (Å²) in [5.74, 6) is 4.34. The van der Waals surface area contributed by atoms with E-state index in [1.54, 1.807) is 0 Å². The molecule has 0 radical (unpaired) electrons. The van der Waals surface area contributed by atoms with Gasteiger partial charge in [0.25, 0.3) is 5.91 Å². The molecule has 0 heterocycles. The van der Waals surface area contributed by atoms with E-state index in [4.69, 9.17) is 5.11 Å². The Labute approximate surface area is 105 Å². The number of hydrogen-bond donors (Lipinski definition) is 2. The van der Waals surface area contributed by atoms with Crippen molar-refractivity contribution in [3.05, 3.63) is 35.1 Å². The molecule has 2 rings (SSSR count). The van der Waals surface area contributed by atoms with Crippen molar-refractivity contribution in [2.45, 2.75) is 25.3 Å². The summed E-state index contributed by atoms with van der Waals surface area (Å²) in [5, 5.41) is 11.5. The van der Waals surface area contributed by atoms with Crippen LogP contribution in [0, 0.1) is 17.7 Å². The monoisotopic (exact) mass is 247 g/mol. The minimum absolute atomic E-state index is 0.223. The zero-order chi connectivity index (χ0) is 13.0. The van der Waals surface area contributed by atoms with Crippen LogP contribution in [0.3, 0.4) is 0 Å². The lowest BCUT2D eigenvalue weighted by atomic mass is 9.92. The van der Waals surface area contributed by atoms with Crippen LogP contribution < -0.4 is 5.32 Å². The number of halogens is 1. The minimum atomic E-state index is -0.447. The Morgan fingerprint density at radius 2 is 2.28 bits per heavy atom. The van der Waals surface area contributed by atoms with Crippen LogP contribution in [-0.4, -0.2) is 23.7 Å². The first-order valence-corrected chi connectivity index (χ1v) is 5.91. The molecule has 18 heavy (non-hydrogen) atoms. The van der Waals surface area contributed by atoms with Crippen LogP contribution in [0.25, 0.3) is 0 Å². The minimum Gasteiger partial charge on any atom is -0.384 e.